The second-order valence-corrected chi connectivity index (χ2v) is 4.72. The largest absolute Gasteiger partial charge is 0.381 e. The van der Waals surface area contributed by atoms with Crippen LogP contribution < -0.4 is 5.32 Å². The van der Waals surface area contributed by atoms with Crippen molar-refractivity contribution in [1.82, 2.24) is 0 Å². The van der Waals surface area contributed by atoms with E-state index in [1.807, 2.05) is 0 Å². The van der Waals surface area contributed by atoms with Crippen molar-refractivity contribution in [2.24, 2.45) is 5.41 Å². The van der Waals surface area contributed by atoms with Crippen LogP contribution in [0.5, 0.6) is 0 Å². The summed E-state index contributed by atoms with van der Waals surface area (Å²) < 4.78 is 18.6. The summed E-state index contributed by atoms with van der Waals surface area (Å²) in [6.45, 7) is 2.43. The molecule has 2 rings (SSSR count). The Morgan fingerprint density at radius 3 is 2.74 bits per heavy atom. The standard InChI is InChI=1S/C14H15FN2O2/c1-10-2-3-11(8-12(10)15)17-13(18)14(9-16)4-6-19-7-5-14/h2-3,8H,4-7H2,1H3,(H,17,18). The molecule has 1 saturated heterocycles. The van der Waals surface area contributed by atoms with Gasteiger partial charge >= 0.3 is 0 Å². The van der Waals surface area contributed by atoms with Crippen molar-refractivity contribution >= 4 is 11.6 Å². The van der Waals surface area contributed by atoms with Gasteiger partial charge in [0.1, 0.15) is 11.2 Å². The van der Waals surface area contributed by atoms with E-state index in [1.54, 1.807) is 19.1 Å². The number of anilines is 1. The molecular weight excluding hydrogens is 247 g/mol. The van der Waals surface area contributed by atoms with Crippen molar-refractivity contribution in [3.05, 3.63) is 29.6 Å². The molecule has 1 aliphatic rings. The Morgan fingerprint density at radius 1 is 1.47 bits per heavy atom. The highest BCUT2D eigenvalue weighted by Crippen LogP contribution is 2.31. The van der Waals surface area contributed by atoms with Gasteiger partial charge in [-0.25, -0.2) is 4.39 Å². The third-order valence-corrected chi connectivity index (χ3v) is 3.42. The summed E-state index contributed by atoms with van der Waals surface area (Å²) in [5.74, 6) is -0.766. The molecule has 19 heavy (non-hydrogen) atoms. The van der Waals surface area contributed by atoms with Gasteiger partial charge in [-0.3, -0.25) is 4.79 Å². The molecule has 1 N–H and O–H groups in total. The van der Waals surface area contributed by atoms with E-state index in [0.717, 1.165) is 0 Å². The third-order valence-electron chi connectivity index (χ3n) is 3.42. The number of carbonyl (C=O) groups excluding carboxylic acids is 1. The molecule has 0 unspecified atom stereocenters. The molecule has 0 saturated carbocycles. The smallest absolute Gasteiger partial charge is 0.245 e. The zero-order chi connectivity index (χ0) is 13.9. The number of halogens is 1. The summed E-state index contributed by atoms with van der Waals surface area (Å²) in [4.78, 5) is 12.2. The lowest BCUT2D eigenvalue weighted by molar-refractivity contribution is -0.126. The van der Waals surface area contributed by atoms with Crippen LogP contribution in [-0.4, -0.2) is 19.1 Å². The normalized spacial score (nSPS) is 17.5. The second-order valence-electron chi connectivity index (χ2n) is 4.72. The van der Waals surface area contributed by atoms with Crippen molar-refractivity contribution in [1.29, 1.82) is 5.26 Å². The van der Waals surface area contributed by atoms with E-state index in [-0.39, 0.29) is 11.7 Å². The van der Waals surface area contributed by atoms with Crippen LogP contribution in [0.4, 0.5) is 10.1 Å². The summed E-state index contributed by atoms with van der Waals surface area (Å²) in [6, 6.07) is 6.56. The molecule has 1 fully saturated rings. The van der Waals surface area contributed by atoms with E-state index in [2.05, 4.69) is 11.4 Å². The number of carbonyl (C=O) groups is 1. The first-order valence-corrected chi connectivity index (χ1v) is 6.14. The van der Waals surface area contributed by atoms with Gasteiger partial charge in [-0.05, 0) is 37.5 Å². The first-order valence-electron chi connectivity index (χ1n) is 6.14. The van der Waals surface area contributed by atoms with Gasteiger partial charge in [0, 0.05) is 18.9 Å². The summed E-state index contributed by atoms with van der Waals surface area (Å²) >= 11 is 0. The Bertz CT molecular complexity index is 531. The SMILES string of the molecule is Cc1ccc(NC(=O)C2(C#N)CCOCC2)cc1F. The van der Waals surface area contributed by atoms with Crippen molar-refractivity contribution in [3.63, 3.8) is 0 Å². The number of nitrogens with zero attached hydrogens (tertiary/aromatic N) is 1. The van der Waals surface area contributed by atoms with E-state index in [0.29, 0.717) is 37.3 Å². The van der Waals surface area contributed by atoms with Crippen LogP contribution >= 0.6 is 0 Å². The number of nitriles is 1. The Morgan fingerprint density at radius 2 is 2.16 bits per heavy atom. The van der Waals surface area contributed by atoms with Gasteiger partial charge in [0.15, 0.2) is 0 Å². The molecule has 1 amide bonds. The Balaban J connectivity index is 2.15. The molecule has 100 valence electrons. The average molecular weight is 262 g/mol. The number of ether oxygens (including phenoxy) is 1. The Labute approximate surface area is 111 Å². The topological polar surface area (TPSA) is 62.1 Å². The van der Waals surface area contributed by atoms with Crippen LogP contribution in [0.3, 0.4) is 0 Å². The number of benzene rings is 1. The lowest BCUT2D eigenvalue weighted by Crippen LogP contribution is -2.39. The number of aryl methyl sites for hydroxylation is 1. The van der Waals surface area contributed by atoms with E-state index in [1.165, 1.54) is 6.07 Å². The average Bonchev–Trinajstić information content (AvgIpc) is 2.43. The molecule has 0 radical (unpaired) electrons. The molecule has 1 heterocycles. The summed E-state index contributed by atoms with van der Waals surface area (Å²) in [5, 5.41) is 11.9. The maximum absolute atomic E-state index is 13.4. The van der Waals surface area contributed by atoms with Gasteiger partial charge in [-0.2, -0.15) is 5.26 Å². The maximum atomic E-state index is 13.4. The predicted molar refractivity (Wildman–Crippen MR) is 67.9 cm³/mol. The van der Waals surface area contributed by atoms with Gasteiger partial charge in [0.2, 0.25) is 5.91 Å². The van der Waals surface area contributed by atoms with Crippen molar-refractivity contribution in [2.75, 3.05) is 18.5 Å². The van der Waals surface area contributed by atoms with Crippen LogP contribution in [0.1, 0.15) is 18.4 Å². The van der Waals surface area contributed by atoms with Gasteiger partial charge in [0.25, 0.3) is 0 Å². The van der Waals surface area contributed by atoms with Crippen molar-refractivity contribution in [2.45, 2.75) is 19.8 Å². The van der Waals surface area contributed by atoms with Crippen molar-refractivity contribution < 1.29 is 13.9 Å². The quantitative estimate of drug-likeness (QED) is 0.890. The van der Waals surface area contributed by atoms with Crippen LogP contribution in [0, 0.1) is 29.5 Å². The van der Waals surface area contributed by atoms with E-state index in [4.69, 9.17) is 4.74 Å². The number of nitrogens with one attached hydrogen (secondary N) is 1. The van der Waals surface area contributed by atoms with Gasteiger partial charge in [-0.15, -0.1) is 0 Å². The minimum Gasteiger partial charge on any atom is -0.381 e. The first kappa shape index (κ1) is 13.5. The Kier molecular flexibility index (Phi) is 3.82. The predicted octanol–water partition coefficient (Wildman–Crippen LogP) is 2.39. The summed E-state index contributed by atoms with van der Waals surface area (Å²) in [6.07, 6.45) is 0.730. The fraction of sp³-hybridized carbons (Fsp3) is 0.429. The fourth-order valence-electron chi connectivity index (χ4n) is 2.03. The molecule has 0 atom stereocenters. The molecule has 5 heteroatoms. The molecule has 0 aromatic heterocycles. The molecule has 4 nitrogen and oxygen atoms in total. The molecule has 0 bridgehead atoms. The minimum absolute atomic E-state index is 0.365. The monoisotopic (exact) mass is 262 g/mol. The maximum Gasteiger partial charge on any atom is 0.245 e. The molecule has 0 aliphatic carbocycles. The molecular formula is C14H15FN2O2. The summed E-state index contributed by atoms with van der Waals surface area (Å²) in [7, 11) is 0. The van der Waals surface area contributed by atoms with Gasteiger partial charge in [-0.1, -0.05) is 6.07 Å². The third kappa shape index (κ3) is 2.74. The van der Waals surface area contributed by atoms with E-state index in [9.17, 15) is 14.4 Å². The van der Waals surface area contributed by atoms with E-state index < -0.39 is 5.41 Å². The number of rotatable bonds is 2. The van der Waals surface area contributed by atoms with Crippen LogP contribution in [0.2, 0.25) is 0 Å². The number of amides is 1. The Hall–Kier alpha value is -1.93. The number of hydrogen-bond donors (Lipinski definition) is 1. The van der Waals surface area contributed by atoms with Crippen LogP contribution in [-0.2, 0) is 9.53 Å². The van der Waals surface area contributed by atoms with Crippen molar-refractivity contribution in [3.8, 4) is 6.07 Å². The fourth-order valence-corrected chi connectivity index (χ4v) is 2.03. The highest BCUT2D eigenvalue weighted by molar-refractivity contribution is 5.97. The second kappa shape index (κ2) is 5.37. The lowest BCUT2D eigenvalue weighted by Gasteiger charge is -2.29. The van der Waals surface area contributed by atoms with E-state index >= 15 is 0 Å². The molecule has 1 aliphatic heterocycles. The lowest BCUT2D eigenvalue weighted by atomic mass is 9.81. The highest BCUT2D eigenvalue weighted by Gasteiger charge is 2.40. The zero-order valence-corrected chi connectivity index (χ0v) is 10.7. The summed E-state index contributed by atoms with van der Waals surface area (Å²) in [5.41, 5.74) is -0.187. The highest BCUT2D eigenvalue weighted by atomic mass is 19.1. The van der Waals surface area contributed by atoms with Gasteiger partial charge < -0.3 is 10.1 Å². The molecule has 1 aromatic rings. The molecule has 1 aromatic carbocycles. The zero-order valence-electron chi connectivity index (χ0n) is 10.7. The molecule has 0 spiro atoms. The van der Waals surface area contributed by atoms with Gasteiger partial charge in [0.05, 0.1) is 6.07 Å². The van der Waals surface area contributed by atoms with Crippen LogP contribution in [0.15, 0.2) is 18.2 Å². The number of hydrogen-bond acceptors (Lipinski definition) is 3. The van der Waals surface area contributed by atoms with Crippen LogP contribution in [0.25, 0.3) is 0 Å². The first-order chi connectivity index (χ1) is 9.07. The minimum atomic E-state index is -1.07.